The molecule has 0 aliphatic rings. The lowest BCUT2D eigenvalue weighted by Crippen LogP contribution is -2.27. The molecule has 1 N–H and O–H groups in total. The van der Waals surface area contributed by atoms with Crippen LogP contribution in [0.2, 0.25) is 0 Å². The molecular formula is C8H17NO3. The summed E-state index contributed by atoms with van der Waals surface area (Å²) in [5.41, 5.74) is 0. The van der Waals surface area contributed by atoms with Gasteiger partial charge in [0, 0.05) is 6.54 Å². The first-order chi connectivity index (χ1) is 5.56. The summed E-state index contributed by atoms with van der Waals surface area (Å²) in [4.78, 5) is 10.9. The second-order valence-electron chi connectivity index (χ2n) is 2.90. The van der Waals surface area contributed by atoms with E-state index in [0.717, 1.165) is 0 Å². The van der Waals surface area contributed by atoms with Crippen molar-refractivity contribution in [3.8, 4) is 0 Å². The number of carbonyl (C=O) groups is 1. The Kier molecular flexibility index (Phi) is 5.45. The summed E-state index contributed by atoms with van der Waals surface area (Å²) in [5.74, 6) is 0. The molecule has 4 heteroatoms. The molecule has 0 aromatic carbocycles. The number of nitrogens with one attached hydrogen (secondary N) is 1. The molecule has 1 unspecified atom stereocenters. The number of hydrogen-bond acceptors (Lipinski definition) is 4. The minimum absolute atomic E-state index is 0.126. The number of carbonyl (C=O) groups excluding carboxylic acids is 1. The Morgan fingerprint density at radius 2 is 1.92 bits per heavy atom. The average molecular weight is 175 g/mol. The van der Waals surface area contributed by atoms with Crippen molar-refractivity contribution in [2.24, 2.45) is 0 Å². The summed E-state index contributed by atoms with van der Waals surface area (Å²) in [7, 11) is 1.80. The second-order valence-corrected chi connectivity index (χ2v) is 2.90. The van der Waals surface area contributed by atoms with E-state index in [-0.39, 0.29) is 12.2 Å². The quantitative estimate of drug-likeness (QED) is 0.651. The van der Waals surface area contributed by atoms with Gasteiger partial charge in [0.05, 0.1) is 6.10 Å². The van der Waals surface area contributed by atoms with Gasteiger partial charge in [-0.1, -0.05) is 0 Å². The fourth-order valence-corrected chi connectivity index (χ4v) is 0.714. The van der Waals surface area contributed by atoms with Gasteiger partial charge >= 0.3 is 6.16 Å². The van der Waals surface area contributed by atoms with Crippen LogP contribution in [-0.2, 0) is 9.47 Å². The first-order valence-electron chi connectivity index (χ1n) is 4.08. The summed E-state index contributed by atoms with van der Waals surface area (Å²) in [6.07, 6.45) is -0.881. The maximum Gasteiger partial charge on any atom is 0.508 e. The van der Waals surface area contributed by atoms with Crippen molar-refractivity contribution < 1.29 is 14.3 Å². The maximum atomic E-state index is 10.9. The molecule has 0 heterocycles. The van der Waals surface area contributed by atoms with E-state index in [2.05, 4.69) is 5.32 Å². The topological polar surface area (TPSA) is 47.6 Å². The first-order valence-corrected chi connectivity index (χ1v) is 4.08. The van der Waals surface area contributed by atoms with E-state index >= 15 is 0 Å². The highest BCUT2D eigenvalue weighted by atomic mass is 16.7. The summed E-state index contributed by atoms with van der Waals surface area (Å²) in [6.45, 7) is 6.00. The van der Waals surface area contributed by atoms with Crippen LogP contribution in [0.15, 0.2) is 0 Å². The van der Waals surface area contributed by atoms with Gasteiger partial charge in [-0.15, -0.1) is 0 Å². The second kappa shape index (κ2) is 5.83. The van der Waals surface area contributed by atoms with E-state index in [4.69, 9.17) is 9.47 Å². The molecule has 12 heavy (non-hydrogen) atoms. The Morgan fingerprint density at radius 1 is 1.33 bits per heavy atom. The van der Waals surface area contributed by atoms with Gasteiger partial charge in [-0.25, -0.2) is 4.79 Å². The third kappa shape index (κ3) is 5.97. The van der Waals surface area contributed by atoms with E-state index in [9.17, 15) is 4.79 Å². The van der Waals surface area contributed by atoms with E-state index < -0.39 is 6.16 Å². The Bertz CT molecular complexity index is 136. The van der Waals surface area contributed by atoms with Crippen LogP contribution in [-0.4, -0.2) is 32.0 Å². The lowest BCUT2D eigenvalue weighted by atomic mass is 10.4. The molecule has 0 bridgehead atoms. The zero-order valence-electron chi connectivity index (χ0n) is 8.09. The molecule has 0 aliphatic heterocycles. The van der Waals surface area contributed by atoms with Crippen LogP contribution in [0.5, 0.6) is 0 Å². The molecule has 4 nitrogen and oxygen atoms in total. The van der Waals surface area contributed by atoms with E-state index in [1.54, 1.807) is 27.8 Å². The fourth-order valence-electron chi connectivity index (χ4n) is 0.714. The van der Waals surface area contributed by atoms with Gasteiger partial charge in [-0.05, 0) is 27.8 Å². The Hall–Kier alpha value is -0.770. The van der Waals surface area contributed by atoms with Gasteiger partial charge in [0.25, 0.3) is 0 Å². The third-order valence-electron chi connectivity index (χ3n) is 1.12. The SMILES string of the molecule is CNCC(C)OC(=O)OC(C)C. The molecule has 0 radical (unpaired) electrons. The molecular weight excluding hydrogens is 158 g/mol. The molecule has 0 aromatic heterocycles. The zero-order chi connectivity index (χ0) is 9.56. The molecule has 1 atom stereocenters. The molecule has 0 spiro atoms. The van der Waals surface area contributed by atoms with Gasteiger partial charge in [-0.3, -0.25) is 0 Å². The van der Waals surface area contributed by atoms with Gasteiger partial charge in [0.2, 0.25) is 0 Å². The lowest BCUT2D eigenvalue weighted by molar-refractivity contribution is 0.0127. The first kappa shape index (κ1) is 11.2. The molecule has 0 amide bonds. The normalized spacial score (nSPS) is 12.8. The molecule has 0 saturated carbocycles. The van der Waals surface area contributed by atoms with Gasteiger partial charge in [-0.2, -0.15) is 0 Å². The average Bonchev–Trinajstić information content (AvgIpc) is 1.84. The van der Waals surface area contributed by atoms with E-state index in [1.807, 2.05) is 0 Å². The van der Waals surface area contributed by atoms with Crippen molar-refractivity contribution in [3.05, 3.63) is 0 Å². The molecule has 0 aliphatic carbocycles. The van der Waals surface area contributed by atoms with Crippen molar-refractivity contribution >= 4 is 6.16 Å². The molecule has 0 saturated heterocycles. The van der Waals surface area contributed by atoms with Crippen LogP contribution in [0.25, 0.3) is 0 Å². The minimum Gasteiger partial charge on any atom is -0.432 e. The van der Waals surface area contributed by atoms with Crippen LogP contribution < -0.4 is 5.32 Å². The Morgan fingerprint density at radius 3 is 2.33 bits per heavy atom. The maximum absolute atomic E-state index is 10.9. The molecule has 0 rings (SSSR count). The molecule has 72 valence electrons. The fraction of sp³-hybridized carbons (Fsp3) is 0.875. The predicted molar refractivity (Wildman–Crippen MR) is 46.1 cm³/mol. The van der Waals surface area contributed by atoms with Crippen LogP contribution >= 0.6 is 0 Å². The van der Waals surface area contributed by atoms with Gasteiger partial charge < -0.3 is 14.8 Å². The summed E-state index contributed by atoms with van der Waals surface area (Å²) in [5, 5.41) is 2.89. The number of ether oxygens (including phenoxy) is 2. The van der Waals surface area contributed by atoms with Crippen LogP contribution in [0, 0.1) is 0 Å². The Labute approximate surface area is 73.2 Å². The van der Waals surface area contributed by atoms with Crippen LogP contribution in [0.1, 0.15) is 20.8 Å². The van der Waals surface area contributed by atoms with Crippen LogP contribution in [0.4, 0.5) is 4.79 Å². The highest BCUT2D eigenvalue weighted by Gasteiger charge is 2.10. The smallest absolute Gasteiger partial charge is 0.432 e. The van der Waals surface area contributed by atoms with Crippen molar-refractivity contribution in [1.82, 2.24) is 5.32 Å². The van der Waals surface area contributed by atoms with Crippen LogP contribution in [0.3, 0.4) is 0 Å². The van der Waals surface area contributed by atoms with Crippen molar-refractivity contribution in [1.29, 1.82) is 0 Å². The Balaban J connectivity index is 3.54. The monoisotopic (exact) mass is 175 g/mol. The standard InChI is InChI=1S/C8H17NO3/c1-6(2)11-8(10)12-7(3)5-9-4/h6-7,9H,5H2,1-4H3. The zero-order valence-corrected chi connectivity index (χ0v) is 8.09. The van der Waals surface area contributed by atoms with Crippen molar-refractivity contribution in [2.45, 2.75) is 33.0 Å². The van der Waals surface area contributed by atoms with Gasteiger partial charge in [0.15, 0.2) is 0 Å². The minimum atomic E-state index is -0.604. The molecule has 0 fully saturated rings. The number of hydrogen-bond donors (Lipinski definition) is 1. The summed E-state index contributed by atoms with van der Waals surface area (Å²) in [6, 6.07) is 0. The largest absolute Gasteiger partial charge is 0.508 e. The van der Waals surface area contributed by atoms with Crippen molar-refractivity contribution in [2.75, 3.05) is 13.6 Å². The van der Waals surface area contributed by atoms with E-state index in [0.29, 0.717) is 6.54 Å². The molecule has 0 aromatic rings. The van der Waals surface area contributed by atoms with Gasteiger partial charge in [0.1, 0.15) is 6.10 Å². The summed E-state index contributed by atoms with van der Waals surface area (Å²) < 4.78 is 9.66. The lowest BCUT2D eigenvalue weighted by Gasteiger charge is -2.13. The summed E-state index contributed by atoms with van der Waals surface area (Å²) >= 11 is 0. The number of likely N-dealkylation sites (N-methyl/N-ethyl adjacent to an activating group) is 1. The predicted octanol–water partition coefficient (Wildman–Crippen LogP) is 1.16. The van der Waals surface area contributed by atoms with E-state index in [1.165, 1.54) is 0 Å². The third-order valence-corrected chi connectivity index (χ3v) is 1.12. The van der Waals surface area contributed by atoms with Crippen molar-refractivity contribution in [3.63, 3.8) is 0 Å². The highest BCUT2D eigenvalue weighted by Crippen LogP contribution is 1.96. The highest BCUT2D eigenvalue weighted by molar-refractivity contribution is 5.60. The number of rotatable bonds is 4.